The van der Waals surface area contributed by atoms with E-state index in [1.807, 2.05) is 0 Å². The van der Waals surface area contributed by atoms with Crippen LogP contribution in [0.5, 0.6) is 0 Å². The lowest BCUT2D eigenvalue weighted by Crippen LogP contribution is -2.19. The van der Waals surface area contributed by atoms with Gasteiger partial charge in [0.25, 0.3) is 0 Å². The molecule has 0 unspecified atom stereocenters. The lowest BCUT2D eigenvalue weighted by Gasteiger charge is -2.08. The molecule has 1 N–H and O–H groups in total. The monoisotopic (exact) mass is 265 g/mol. The standard InChI is InChI=1S/C9H10F3N3O3/c10-9(11,12)18-4-3-15-7(5-1-2-5)6(8(16)17)13-14-15/h5H,1-4H2,(H,16,17). The van der Waals surface area contributed by atoms with Gasteiger partial charge in [-0.2, -0.15) is 0 Å². The number of nitrogens with zero attached hydrogens (tertiary/aromatic N) is 3. The van der Waals surface area contributed by atoms with Crippen molar-refractivity contribution in [2.24, 2.45) is 0 Å². The lowest BCUT2D eigenvalue weighted by molar-refractivity contribution is -0.325. The molecule has 0 saturated heterocycles. The lowest BCUT2D eigenvalue weighted by atomic mass is 10.2. The van der Waals surface area contributed by atoms with E-state index in [1.54, 1.807) is 0 Å². The summed E-state index contributed by atoms with van der Waals surface area (Å²) in [4.78, 5) is 10.9. The van der Waals surface area contributed by atoms with E-state index in [0.717, 1.165) is 12.8 Å². The molecule has 0 aromatic carbocycles. The van der Waals surface area contributed by atoms with E-state index in [-0.39, 0.29) is 18.2 Å². The van der Waals surface area contributed by atoms with E-state index in [1.165, 1.54) is 4.68 Å². The summed E-state index contributed by atoms with van der Waals surface area (Å²) in [6, 6.07) is 0. The maximum atomic E-state index is 11.8. The highest BCUT2D eigenvalue weighted by Crippen LogP contribution is 2.41. The molecule has 1 fully saturated rings. The second kappa shape index (κ2) is 4.56. The van der Waals surface area contributed by atoms with Crippen molar-refractivity contribution in [1.29, 1.82) is 0 Å². The molecule has 18 heavy (non-hydrogen) atoms. The minimum absolute atomic E-state index is 0.0250. The first-order valence-corrected chi connectivity index (χ1v) is 5.26. The Hall–Kier alpha value is -1.64. The van der Waals surface area contributed by atoms with Crippen LogP contribution in [0.1, 0.15) is 34.9 Å². The van der Waals surface area contributed by atoms with Gasteiger partial charge in [-0.1, -0.05) is 5.21 Å². The molecule has 1 aromatic rings. The molecule has 100 valence electrons. The number of carbonyl (C=O) groups is 1. The van der Waals surface area contributed by atoms with E-state index in [2.05, 4.69) is 15.0 Å². The Morgan fingerprint density at radius 2 is 2.17 bits per heavy atom. The molecule has 0 bridgehead atoms. The van der Waals surface area contributed by atoms with Gasteiger partial charge >= 0.3 is 12.3 Å². The van der Waals surface area contributed by atoms with Crippen LogP contribution in [0.4, 0.5) is 13.2 Å². The maximum Gasteiger partial charge on any atom is 0.522 e. The molecular formula is C9H10F3N3O3. The number of aromatic nitrogens is 3. The van der Waals surface area contributed by atoms with Crippen molar-refractivity contribution in [2.75, 3.05) is 6.61 Å². The first-order valence-electron chi connectivity index (χ1n) is 5.26. The van der Waals surface area contributed by atoms with E-state index >= 15 is 0 Å². The molecule has 1 aliphatic carbocycles. The molecule has 1 aliphatic rings. The van der Waals surface area contributed by atoms with Crippen molar-refractivity contribution in [3.63, 3.8) is 0 Å². The fourth-order valence-corrected chi connectivity index (χ4v) is 1.65. The Labute approximate surface area is 99.3 Å². The second-order valence-corrected chi connectivity index (χ2v) is 3.92. The Morgan fingerprint density at radius 3 is 2.67 bits per heavy atom. The van der Waals surface area contributed by atoms with Crippen LogP contribution in [0, 0.1) is 0 Å². The third-order valence-electron chi connectivity index (χ3n) is 2.51. The molecule has 2 rings (SSSR count). The maximum absolute atomic E-state index is 11.8. The van der Waals surface area contributed by atoms with Gasteiger partial charge in [-0.05, 0) is 12.8 Å². The van der Waals surface area contributed by atoms with Crippen LogP contribution < -0.4 is 0 Å². The van der Waals surface area contributed by atoms with E-state index in [4.69, 9.17) is 5.11 Å². The number of hydrogen-bond donors (Lipinski definition) is 1. The number of hydrogen-bond acceptors (Lipinski definition) is 4. The van der Waals surface area contributed by atoms with Crippen molar-refractivity contribution >= 4 is 5.97 Å². The zero-order valence-electron chi connectivity index (χ0n) is 9.15. The van der Waals surface area contributed by atoms with Gasteiger partial charge in [0.2, 0.25) is 0 Å². The molecule has 0 aliphatic heterocycles. The van der Waals surface area contributed by atoms with Crippen LogP contribution in [-0.4, -0.2) is 39.0 Å². The van der Waals surface area contributed by atoms with Crippen LogP contribution in [0.3, 0.4) is 0 Å². The van der Waals surface area contributed by atoms with Crippen LogP contribution in [0.2, 0.25) is 0 Å². The van der Waals surface area contributed by atoms with Gasteiger partial charge in [0.15, 0.2) is 5.69 Å². The number of aromatic carboxylic acids is 1. The molecule has 1 saturated carbocycles. The van der Waals surface area contributed by atoms with Gasteiger partial charge in [-0.25, -0.2) is 9.48 Å². The highest BCUT2D eigenvalue weighted by atomic mass is 19.4. The summed E-state index contributed by atoms with van der Waals surface area (Å²) < 4.78 is 40.2. The van der Waals surface area contributed by atoms with Crippen molar-refractivity contribution in [3.05, 3.63) is 11.4 Å². The minimum Gasteiger partial charge on any atom is -0.476 e. The number of rotatable bonds is 5. The van der Waals surface area contributed by atoms with Gasteiger partial charge in [0.05, 0.1) is 18.8 Å². The van der Waals surface area contributed by atoms with Crippen molar-refractivity contribution in [1.82, 2.24) is 15.0 Å². The predicted molar refractivity (Wildman–Crippen MR) is 51.0 cm³/mol. The predicted octanol–water partition coefficient (Wildman–Crippen LogP) is 1.39. The fraction of sp³-hybridized carbons (Fsp3) is 0.667. The summed E-state index contributed by atoms with van der Waals surface area (Å²) in [7, 11) is 0. The summed E-state index contributed by atoms with van der Waals surface area (Å²) in [5, 5.41) is 15.9. The average molecular weight is 265 g/mol. The summed E-state index contributed by atoms with van der Waals surface area (Å²) in [5.74, 6) is -1.20. The zero-order chi connectivity index (χ0) is 13.3. The van der Waals surface area contributed by atoms with Gasteiger partial charge < -0.3 is 5.11 Å². The number of halogens is 3. The van der Waals surface area contributed by atoms with E-state index in [0.29, 0.717) is 5.69 Å². The minimum atomic E-state index is -4.70. The SMILES string of the molecule is O=C(O)c1nnn(CCOC(F)(F)F)c1C1CC1. The molecule has 0 amide bonds. The molecule has 6 nitrogen and oxygen atoms in total. The average Bonchev–Trinajstić information content (AvgIpc) is 2.98. The van der Waals surface area contributed by atoms with Crippen molar-refractivity contribution < 1.29 is 27.8 Å². The largest absolute Gasteiger partial charge is 0.522 e. The van der Waals surface area contributed by atoms with E-state index < -0.39 is 18.9 Å². The highest BCUT2D eigenvalue weighted by molar-refractivity contribution is 5.86. The first kappa shape index (κ1) is 12.8. The Bertz CT molecular complexity index is 454. The molecule has 0 spiro atoms. The summed E-state index contributed by atoms with van der Waals surface area (Å²) in [6.45, 7) is -0.794. The van der Waals surface area contributed by atoms with Gasteiger partial charge in [-0.15, -0.1) is 18.3 Å². The molecule has 0 radical (unpaired) electrons. The topological polar surface area (TPSA) is 77.2 Å². The van der Waals surface area contributed by atoms with Crippen molar-refractivity contribution in [3.8, 4) is 0 Å². The normalized spacial score (nSPS) is 15.9. The summed E-state index contributed by atoms with van der Waals surface area (Å²) in [5.41, 5.74) is 0.192. The van der Waals surface area contributed by atoms with Crippen LogP contribution in [0.15, 0.2) is 0 Å². The zero-order valence-corrected chi connectivity index (χ0v) is 9.15. The smallest absolute Gasteiger partial charge is 0.476 e. The summed E-state index contributed by atoms with van der Waals surface area (Å²) in [6.07, 6.45) is -3.10. The molecule has 1 heterocycles. The molecule has 0 atom stereocenters. The van der Waals surface area contributed by atoms with E-state index in [9.17, 15) is 18.0 Å². The Kier molecular flexibility index (Phi) is 3.24. The number of alkyl halides is 3. The van der Waals surface area contributed by atoms with Gasteiger partial charge in [0.1, 0.15) is 0 Å². The molecular weight excluding hydrogens is 255 g/mol. The quantitative estimate of drug-likeness (QED) is 0.870. The number of ether oxygens (including phenoxy) is 1. The Morgan fingerprint density at radius 1 is 1.50 bits per heavy atom. The first-order chi connectivity index (χ1) is 8.38. The number of carboxylic acid groups (broad SMARTS) is 1. The number of carboxylic acids is 1. The highest BCUT2D eigenvalue weighted by Gasteiger charge is 2.34. The van der Waals surface area contributed by atoms with Crippen LogP contribution in [-0.2, 0) is 11.3 Å². The second-order valence-electron chi connectivity index (χ2n) is 3.92. The molecule has 1 aromatic heterocycles. The van der Waals surface area contributed by atoms with Crippen LogP contribution in [0.25, 0.3) is 0 Å². The third-order valence-corrected chi connectivity index (χ3v) is 2.51. The Balaban J connectivity index is 2.06. The fourth-order valence-electron chi connectivity index (χ4n) is 1.65. The van der Waals surface area contributed by atoms with Gasteiger partial charge in [0, 0.05) is 5.92 Å². The van der Waals surface area contributed by atoms with Crippen LogP contribution >= 0.6 is 0 Å². The third kappa shape index (κ3) is 2.97. The molecule has 9 heteroatoms. The summed E-state index contributed by atoms with van der Waals surface area (Å²) >= 11 is 0. The van der Waals surface area contributed by atoms with Gasteiger partial charge in [-0.3, -0.25) is 4.74 Å². The van der Waals surface area contributed by atoms with Crippen molar-refractivity contribution in [2.45, 2.75) is 31.7 Å².